The van der Waals surface area contributed by atoms with E-state index < -0.39 is 5.97 Å². The van der Waals surface area contributed by atoms with E-state index in [9.17, 15) is 9.90 Å². The minimum atomic E-state index is -1.19. The van der Waals surface area contributed by atoms with Crippen LogP contribution in [0, 0.1) is 0 Å². The number of carbonyl (C=O) groups excluding carboxylic acids is 1. The Labute approximate surface area is 130 Å². The Kier molecular flexibility index (Phi) is 3.93. The lowest BCUT2D eigenvalue weighted by molar-refractivity contribution is -0.304. The number of thiophene rings is 1. The van der Waals surface area contributed by atoms with Crippen molar-refractivity contribution in [1.29, 1.82) is 0 Å². The maximum atomic E-state index is 10.9. The number of aromatic nitrogens is 1. The number of nitrogens with zero attached hydrogens (tertiary/aromatic N) is 1. The molecule has 1 aromatic carbocycles. The van der Waals surface area contributed by atoms with Gasteiger partial charge in [0.05, 0.1) is 17.7 Å². The zero-order valence-corrected chi connectivity index (χ0v) is 12.6. The Balaban J connectivity index is 2.07. The lowest BCUT2D eigenvalue weighted by Gasteiger charge is -2.00. The number of benzene rings is 1. The molecule has 22 heavy (non-hydrogen) atoms. The standard InChI is InChI=1S/C16H13NO4S/c1-20-11-5-2-4-10(8-11)16-17-12(9-14(18)19)15(21-16)13-6-3-7-22-13/h2-8H,9H2,1H3,(H,18,19)/p-1. The number of carbonyl (C=O) groups is 1. The molecular weight excluding hydrogens is 302 g/mol. The first-order valence-electron chi connectivity index (χ1n) is 6.55. The van der Waals surface area contributed by atoms with E-state index in [0.717, 1.165) is 10.4 Å². The van der Waals surface area contributed by atoms with Crippen LogP contribution in [-0.2, 0) is 11.2 Å². The van der Waals surface area contributed by atoms with Crippen molar-refractivity contribution in [3.8, 4) is 27.8 Å². The van der Waals surface area contributed by atoms with Crippen molar-refractivity contribution >= 4 is 17.3 Å². The van der Waals surface area contributed by atoms with Crippen LogP contribution in [-0.4, -0.2) is 18.1 Å². The zero-order valence-electron chi connectivity index (χ0n) is 11.7. The van der Waals surface area contributed by atoms with Gasteiger partial charge in [-0.15, -0.1) is 11.3 Å². The molecule has 0 radical (unpaired) electrons. The predicted octanol–water partition coefficient (Wildman–Crippen LogP) is 2.37. The zero-order chi connectivity index (χ0) is 15.5. The summed E-state index contributed by atoms with van der Waals surface area (Å²) in [6, 6.07) is 11.0. The Morgan fingerprint density at radius 2 is 2.23 bits per heavy atom. The van der Waals surface area contributed by atoms with Crippen LogP contribution in [0.4, 0.5) is 0 Å². The van der Waals surface area contributed by atoms with E-state index in [1.165, 1.54) is 11.3 Å². The van der Waals surface area contributed by atoms with Gasteiger partial charge < -0.3 is 19.1 Å². The number of carboxylic acids is 1. The van der Waals surface area contributed by atoms with Crippen LogP contribution in [0.15, 0.2) is 46.2 Å². The monoisotopic (exact) mass is 314 g/mol. The molecule has 112 valence electrons. The summed E-state index contributed by atoms with van der Waals surface area (Å²) < 4.78 is 11.0. The maximum absolute atomic E-state index is 10.9. The molecule has 0 bridgehead atoms. The summed E-state index contributed by atoms with van der Waals surface area (Å²) in [7, 11) is 1.58. The van der Waals surface area contributed by atoms with Crippen molar-refractivity contribution in [1.82, 2.24) is 4.98 Å². The highest BCUT2D eigenvalue weighted by Crippen LogP contribution is 2.33. The van der Waals surface area contributed by atoms with Gasteiger partial charge in [0.1, 0.15) is 5.75 Å². The summed E-state index contributed by atoms with van der Waals surface area (Å²) in [4.78, 5) is 16.1. The summed E-state index contributed by atoms with van der Waals surface area (Å²) in [5.74, 6) is 0.314. The molecule has 0 fully saturated rings. The average Bonchev–Trinajstić information content (AvgIpc) is 3.16. The molecule has 0 atom stereocenters. The van der Waals surface area contributed by atoms with E-state index in [0.29, 0.717) is 23.1 Å². The molecular formula is C16H12NO4S-. The first kappa shape index (κ1) is 14.3. The van der Waals surface area contributed by atoms with Gasteiger partial charge in [0.25, 0.3) is 0 Å². The third kappa shape index (κ3) is 2.87. The second-order valence-corrected chi connectivity index (χ2v) is 5.50. The van der Waals surface area contributed by atoms with Gasteiger partial charge in [-0.1, -0.05) is 12.1 Å². The lowest BCUT2D eigenvalue weighted by Crippen LogP contribution is -2.24. The number of hydrogen-bond acceptors (Lipinski definition) is 6. The third-order valence-corrected chi connectivity index (χ3v) is 3.94. The van der Waals surface area contributed by atoms with Crippen LogP contribution >= 0.6 is 11.3 Å². The largest absolute Gasteiger partial charge is 0.550 e. The van der Waals surface area contributed by atoms with E-state index >= 15 is 0 Å². The molecule has 0 amide bonds. The highest BCUT2D eigenvalue weighted by molar-refractivity contribution is 7.13. The van der Waals surface area contributed by atoms with Crippen molar-refractivity contribution in [2.45, 2.75) is 6.42 Å². The van der Waals surface area contributed by atoms with Gasteiger partial charge in [-0.05, 0) is 29.6 Å². The van der Waals surface area contributed by atoms with Gasteiger partial charge >= 0.3 is 0 Å². The van der Waals surface area contributed by atoms with Gasteiger partial charge in [0, 0.05) is 18.0 Å². The van der Waals surface area contributed by atoms with Crippen molar-refractivity contribution in [2.24, 2.45) is 0 Å². The van der Waals surface area contributed by atoms with Gasteiger partial charge in [0.2, 0.25) is 5.89 Å². The molecule has 0 saturated carbocycles. The minimum absolute atomic E-state index is 0.291. The molecule has 0 N–H and O–H groups in total. The lowest BCUT2D eigenvalue weighted by atomic mass is 10.2. The van der Waals surface area contributed by atoms with Crippen molar-refractivity contribution in [3.05, 3.63) is 47.5 Å². The Bertz CT molecular complexity index is 792. The van der Waals surface area contributed by atoms with E-state index in [1.54, 1.807) is 13.2 Å². The summed E-state index contributed by atoms with van der Waals surface area (Å²) in [6.45, 7) is 0. The van der Waals surface area contributed by atoms with Crippen LogP contribution < -0.4 is 9.84 Å². The molecule has 2 heterocycles. The molecule has 6 heteroatoms. The molecule has 2 aromatic heterocycles. The predicted molar refractivity (Wildman–Crippen MR) is 80.5 cm³/mol. The molecule has 0 spiro atoms. The molecule has 0 aliphatic carbocycles. The first-order chi connectivity index (χ1) is 10.7. The molecule has 0 aliphatic rings. The van der Waals surface area contributed by atoms with Crippen LogP contribution in [0.1, 0.15) is 5.69 Å². The highest BCUT2D eigenvalue weighted by Gasteiger charge is 2.17. The molecule has 0 saturated heterocycles. The second kappa shape index (κ2) is 6.03. The number of oxazole rings is 1. The smallest absolute Gasteiger partial charge is 0.227 e. The van der Waals surface area contributed by atoms with Crippen molar-refractivity contribution < 1.29 is 19.1 Å². The average molecular weight is 314 g/mol. The summed E-state index contributed by atoms with van der Waals surface area (Å²) in [6.07, 6.45) is -0.291. The number of hydrogen-bond donors (Lipinski definition) is 0. The van der Waals surface area contributed by atoms with E-state index in [2.05, 4.69) is 4.98 Å². The van der Waals surface area contributed by atoms with Crippen LogP contribution in [0.5, 0.6) is 5.75 Å². The maximum Gasteiger partial charge on any atom is 0.227 e. The summed E-state index contributed by atoms with van der Waals surface area (Å²) in [5, 5.41) is 12.8. The number of aliphatic carboxylic acids is 1. The normalized spacial score (nSPS) is 10.6. The third-order valence-electron chi connectivity index (χ3n) is 3.07. The van der Waals surface area contributed by atoms with E-state index in [-0.39, 0.29) is 6.42 Å². The highest BCUT2D eigenvalue weighted by atomic mass is 32.1. The number of rotatable bonds is 5. The Morgan fingerprint density at radius 3 is 2.91 bits per heavy atom. The van der Waals surface area contributed by atoms with Crippen molar-refractivity contribution in [2.75, 3.05) is 7.11 Å². The van der Waals surface area contributed by atoms with Crippen LogP contribution in [0.2, 0.25) is 0 Å². The van der Waals surface area contributed by atoms with Gasteiger partial charge in [-0.2, -0.15) is 0 Å². The number of ether oxygens (including phenoxy) is 1. The SMILES string of the molecule is COc1cccc(-c2nc(CC(=O)[O-])c(-c3cccs3)o2)c1. The molecule has 0 unspecified atom stereocenters. The first-order valence-corrected chi connectivity index (χ1v) is 7.43. The minimum Gasteiger partial charge on any atom is -0.550 e. The van der Waals surface area contributed by atoms with Crippen molar-refractivity contribution in [3.63, 3.8) is 0 Å². The molecule has 3 aromatic rings. The number of methoxy groups -OCH3 is 1. The fraction of sp³-hybridized carbons (Fsp3) is 0.125. The van der Waals surface area contributed by atoms with Gasteiger partial charge in [-0.25, -0.2) is 4.98 Å². The van der Waals surface area contributed by atoms with Gasteiger partial charge in [-0.3, -0.25) is 0 Å². The summed E-state index contributed by atoms with van der Waals surface area (Å²) >= 11 is 1.46. The molecule has 3 rings (SSSR count). The fourth-order valence-electron chi connectivity index (χ4n) is 2.09. The summed E-state index contributed by atoms with van der Waals surface area (Å²) in [5.41, 5.74) is 1.09. The Hall–Kier alpha value is -2.60. The van der Waals surface area contributed by atoms with Crippen LogP contribution in [0.3, 0.4) is 0 Å². The van der Waals surface area contributed by atoms with E-state index in [1.807, 2.05) is 35.7 Å². The van der Waals surface area contributed by atoms with Gasteiger partial charge in [0.15, 0.2) is 5.76 Å². The number of carboxylic acid groups (broad SMARTS) is 1. The van der Waals surface area contributed by atoms with Crippen LogP contribution in [0.25, 0.3) is 22.1 Å². The Morgan fingerprint density at radius 1 is 1.36 bits per heavy atom. The molecule has 0 aliphatic heterocycles. The fourth-order valence-corrected chi connectivity index (χ4v) is 2.82. The quantitative estimate of drug-likeness (QED) is 0.722. The molecule has 5 nitrogen and oxygen atoms in total. The topological polar surface area (TPSA) is 75.4 Å². The second-order valence-electron chi connectivity index (χ2n) is 4.55. The van der Waals surface area contributed by atoms with E-state index in [4.69, 9.17) is 9.15 Å².